The molecule has 114 valence electrons. The average Bonchev–Trinajstić information content (AvgIpc) is 2.31. The van der Waals surface area contributed by atoms with Crippen molar-refractivity contribution in [1.82, 2.24) is 0 Å². The maximum Gasteiger partial charge on any atom is 0.308 e. The number of carbonyl (C=O) groups is 4. The fourth-order valence-corrected chi connectivity index (χ4v) is 2.04. The van der Waals surface area contributed by atoms with Crippen LogP contribution in [0.25, 0.3) is 0 Å². The lowest BCUT2D eigenvalue weighted by Gasteiger charge is -2.25. The predicted octanol–water partition coefficient (Wildman–Crippen LogP) is 0.610. The van der Waals surface area contributed by atoms with Gasteiger partial charge in [-0.2, -0.15) is 0 Å². The van der Waals surface area contributed by atoms with Gasteiger partial charge in [0.15, 0.2) is 0 Å². The number of carboxylic acid groups (broad SMARTS) is 4. The molecule has 0 radical (unpaired) electrons. The largest absolute Gasteiger partial charge is 0.481 e. The Morgan fingerprint density at radius 1 is 0.850 bits per heavy atom. The summed E-state index contributed by atoms with van der Waals surface area (Å²) in [4.78, 5) is 44.2. The first-order valence-corrected chi connectivity index (χ1v) is 6.04. The molecule has 0 aliphatic rings. The van der Waals surface area contributed by atoms with Crippen LogP contribution in [0, 0.1) is 23.7 Å². The van der Waals surface area contributed by atoms with Gasteiger partial charge in [0.2, 0.25) is 0 Å². The van der Waals surface area contributed by atoms with Crippen LogP contribution in [-0.4, -0.2) is 44.3 Å². The summed E-state index contributed by atoms with van der Waals surface area (Å²) in [5.41, 5.74) is 0. The number of hydrogen-bond donors (Lipinski definition) is 4. The predicted molar refractivity (Wildman–Crippen MR) is 65.1 cm³/mol. The molecule has 8 nitrogen and oxygen atoms in total. The molecule has 4 N–H and O–H groups in total. The smallest absolute Gasteiger partial charge is 0.308 e. The van der Waals surface area contributed by atoms with E-state index in [1.807, 2.05) is 0 Å². The van der Waals surface area contributed by atoms with Gasteiger partial charge < -0.3 is 20.4 Å². The molecule has 0 aromatic rings. The van der Waals surface area contributed by atoms with Crippen molar-refractivity contribution in [3.05, 3.63) is 0 Å². The van der Waals surface area contributed by atoms with Crippen LogP contribution in [0.1, 0.15) is 26.7 Å². The number of carboxylic acids is 4. The molecule has 8 heteroatoms. The van der Waals surface area contributed by atoms with Crippen LogP contribution >= 0.6 is 0 Å². The standard InChI is InChI=1S/C12H18O8/c1-3-6(10(15)16)4-7(11(17)18)8(12(19)20)5(2)9(13)14/h5-8H,3-4H2,1-2H3,(H,13,14)(H,15,16)(H,17,18)(H,19,20). The zero-order valence-electron chi connectivity index (χ0n) is 11.1. The quantitative estimate of drug-likeness (QED) is 0.482. The third kappa shape index (κ3) is 4.52. The summed E-state index contributed by atoms with van der Waals surface area (Å²) in [7, 11) is 0. The number of aliphatic carboxylic acids is 4. The van der Waals surface area contributed by atoms with E-state index in [1.54, 1.807) is 0 Å². The Hall–Kier alpha value is -2.12. The van der Waals surface area contributed by atoms with E-state index in [-0.39, 0.29) is 6.42 Å². The summed E-state index contributed by atoms with van der Waals surface area (Å²) in [6.45, 7) is 2.63. The Bertz CT molecular complexity index is 402. The van der Waals surface area contributed by atoms with Gasteiger partial charge in [-0.05, 0) is 12.8 Å². The van der Waals surface area contributed by atoms with Crippen molar-refractivity contribution in [2.24, 2.45) is 23.7 Å². The Morgan fingerprint density at radius 3 is 1.60 bits per heavy atom. The zero-order chi connectivity index (χ0) is 16.0. The molecule has 20 heavy (non-hydrogen) atoms. The van der Waals surface area contributed by atoms with Gasteiger partial charge in [-0.15, -0.1) is 0 Å². The molecular formula is C12H18O8. The van der Waals surface area contributed by atoms with Gasteiger partial charge in [-0.1, -0.05) is 13.8 Å². The fraction of sp³-hybridized carbons (Fsp3) is 0.667. The van der Waals surface area contributed by atoms with Crippen molar-refractivity contribution in [1.29, 1.82) is 0 Å². The molecule has 0 bridgehead atoms. The Balaban J connectivity index is 5.40. The second-order valence-electron chi connectivity index (χ2n) is 4.61. The van der Waals surface area contributed by atoms with Crippen molar-refractivity contribution in [2.45, 2.75) is 26.7 Å². The van der Waals surface area contributed by atoms with Crippen molar-refractivity contribution in [2.75, 3.05) is 0 Å². The average molecular weight is 290 g/mol. The van der Waals surface area contributed by atoms with Crippen molar-refractivity contribution >= 4 is 23.9 Å². The topological polar surface area (TPSA) is 149 Å². The summed E-state index contributed by atoms with van der Waals surface area (Å²) in [5.74, 6) is -11.5. The van der Waals surface area contributed by atoms with E-state index in [9.17, 15) is 19.2 Å². The van der Waals surface area contributed by atoms with Crippen LogP contribution in [0.5, 0.6) is 0 Å². The lowest BCUT2D eigenvalue weighted by molar-refractivity contribution is -0.162. The molecule has 0 saturated carbocycles. The van der Waals surface area contributed by atoms with Gasteiger partial charge in [0, 0.05) is 0 Å². The SMILES string of the molecule is CCC(CC(C(=O)O)C(C(=O)O)C(C)C(=O)O)C(=O)O. The van der Waals surface area contributed by atoms with E-state index in [2.05, 4.69) is 0 Å². The van der Waals surface area contributed by atoms with E-state index in [4.69, 9.17) is 20.4 Å². The molecule has 0 aliphatic carbocycles. The molecule has 0 rings (SSSR count). The molecule has 0 amide bonds. The maximum absolute atomic E-state index is 11.2. The molecule has 0 saturated heterocycles. The molecule has 0 fully saturated rings. The molecule has 4 atom stereocenters. The highest BCUT2D eigenvalue weighted by atomic mass is 16.4. The van der Waals surface area contributed by atoms with Gasteiger partial charge in [0.05, 0.1) is 23.7 Å². The van der Waals surface area contributed by atoms with Crippen LogP contribution in [0.2, 0.25) is 0 Å². The monoisotopic (exact) mass is 290 g/mol. The van der Waals surface area contributed by atoms with E-state index in [0.717, 1.165) is 6.92 Å². The van der Waals surface area contributed by atoms with E-state index in [0.29, 0.717) is 0 Å². The molecule has 0 heterocycles. The van der Waals surface area contributed by atoms with Crippen LogP contribution in [0.15, 0.2) is 0 Å². The molecule has 0 aromatic carbocycles. The van der Waals surface area contributed by atoms with Crippen molar-refractivity contribution < 1.29 is 39.6 Å². The number of rotatable bonds is 9. The van der Waals surface area contributed by atoms with E-state index >= 15 is 0 Å². The second kappa shape index (κ2) is 7.46. The fourth-order valence-electron chi connectivity index (χ4n) is 2.04. The van der Waals surface area contributed by atoms with Gasteiger partial charge >= 0.3 is 23.9 Å². The maximum atomic E-state index is 11.2. The first kappa shape index (κ1) is 17.9. The van der Waals surface area contributed by atoms with Gasteiger partial charge in [-0.25, -0.2) is 0 Å². The highest BCUT2D eigenvalue weighted by molar-refractivity contribution is 5.85. The normalized spacial score (nSPS) is 16.7. The van der Waals surface area contributed by atoms with Gasteiger partial charge in [0.25, 0.3) is 0 Å². The lowest BCUT2D eigenvalue weighted by Crippen LogP contribution is -2.39. The minimum absolute atomic E-state index is 0.132. The summed E-state index contributed by atoms with van der Waals surface area (Å²) in [6, 6.07) is 0. The highest BCUT2D eigenvalue weighted by Gasteiger charge is 2.42. The minimum atomic E-state index is -1.68. The molecule has 0 spiro atoms. The van der Waals surface area contributed by atoms with Crippen molar-refractivity contribution in [3.8, 4) is 0 Å². The zero-order valence-corrected chi connectivity index (χ0v) is 11.1. The Kier molecular flexibility index (Phi) is 6.67. The second-order valence-corrected chi connectivity index (χ2v) is 4.61. The summed E-state index contributed by atoms with van der Waals surface area (Å²) in [5, 5.41) is 35.9. The van der Waals surface area contributed by atoms with Gasteiger partial charge in [0.1, 0.15) is 0 Å². The van der Waals surface area contributed by atoms with Crippen LogP contribution in [0.3, 0.4) is 0 Å². The molecular weight excluding hydrogens is 272 g/mol. The third-order valence-corrected chi connectivity index (χ3v) is 3.34. The third-order valence-electron chi connectivity index (χ3n) is 3.34. The Labute approximate surface area is 115 Å². The van der Waals surface area contributed by atoms with E-state index in [1.165, 1.54) is 6.92 Å². The highest BCUT2D eigenvalue weighted by Crippen LogP contribution is 2.29. The minimum Gasteiger partial charge on any atom is -0.481 e. The lowest BCUT2D eigenvalue weighted by atomic mass is 9.77. The van der Waals surface area contributed by atoms with Crippen LogP contribution in [0.4, 0.5) is 0 Å². The van der Waals surface area contributed by atoms with Gasteiger partial charge in [-0.3, -0.25) is 19.2 Å². The Morgan fingerprint density at radius 2 is 1.35 bits per heavy atom. The van der Waals surface area contributed by atoms with E-state index < -0.39 is 54.0 Å². The van der Waals surface area contributed by atoms with Crippen molar-refractivity contribution in [3.63, 3.8) is 0 Å². The molecule has 0 aliphatic heterocycles. The first-order valence-electron chi connectivity index (χ1n) is 6.04. The first-order chi connectivity index (χ1) is 9.13. The molecule has 0 aromatic heterocycles. The summed E-state index contributed by atoms with van der Waals surface area (Å²) < 4.78 is 0. The van der Waals surface area contributed by atoms with Crippen LogP contribution in [-0.2, 0) is 19.2 Å². The summed E-state index contributed by atoms with van der Waals surface area (Å²) in [6.07, 6.45) is -0.289. The molecule has 4 unspecified atom stereocenters. The summed E-state index contributed by atoms with van der Waals surface area (Å²) >= 11 is 0. The van der Waals surface area contributed by atoms with Crippen LogP contribution < -0.4 is 0 Å². The number of hydrogen-bond acceptors (Lipinski definition) is 4.